The van der Waals surface area contributed by atoms with E-state index >= 15 is 0 Å². The van der Waals surface area contributed by atoms with Crippen molar-refractivity contribution in [2.24, 2.45) is 11.7 Å². The number of carbonyl (C=O) groups excluding carboxylic acids is 1. The van der Waals surface area contributed by atoms with Crippen molar-refractivity contribution in [2.75, 3.05) is 19.8 Å². The first-order chi connectivity index (χ1) is 9.99. The highest BCUT2D eigenvalue weighted by Gasteiger charge is 2.13. The standard InChI is InChI=1S/C15H22N2O3S/c1-4-19-12-7-6-11(8-13(12)20-5-2)15(18)17-9-10(3)14(16)21/h6-8,10H,4-5,9H2,1-3H3,(H2,16,21)(H,17,18). The highest BCUT2D eigenvalue weighted by Crippen LogP contribution is 2.28. The minimum absolute atomic E-state index is 0.0435. The van der Waals surface area contributed by atoms with Crippen molar-refractivity contribution in [3.8, 4) is 11.5 Å². The van der Waals surface area contributed by atoms with E-state index in [4.69, 9.17) is 27.4 Å². The molecule has 0 aliphatic carbocycles. The molecular weight excluding hydrogens is 288 g/mol. The Morgan fingerprint density at radius 1 is 1.29 bits per heavy atom. The molecule has 1 rings (SSSR count). The molecule has 0 aromatic heterocycles. The molecule has 3 N–H and O–H groups in total. The molecule has 1 aromatic rings. The van der Waals surface area contributed by atoms with E-state index in [9.17, 15) is 4.79 Å². The summed E-state index contributed by atoms with van der Waals surface area (Å²) >= 11 is 4.88. The second-order valence-corrected chi connectivity index (χ2v) is 5.01. The molecule has 1 atom stereocenters. The predicted molar refractivity (Wildman–Crippen MR) is 87.1 cm³/mol. The van der Waals surface area contributed by atoms with Crippen LogP contribution >= 0.6 is 12.2 Å². The highest BCUT2D eigenvalue weighted by molar-refractivity contribution is 7.80. The van der Waals surface area contributed by atoms with E-state index in [1.54, 1.807) is 18.2 Å². The van der Waals surface area contributed by atoms with Crippen LogP contribution in [0.4, 0.5) is 0 Å². The SMILES string of the molecule is CCOc1ccc(C(=O)NCC(C)C(N)=S)cc1OCC. The molecular formula is C15H22N2O3S. The lowest BCUT2D eigenvalue weighted by Gasteiger charge is -2.14. The van der Waals surface area contributed by atoms with Gasteiger partial charge in [-0.3, -0.25) is 4.79 Å². The van der Waals surface area contributed by atoms with Crippen LogP contribution in [0.2, 0.25) is 0 Å². The normalized spacial score (nSPS) is 11.6. The van der Waals surface area contributed by atoms with Crippen molar-refractivity contribution < 1.29 is 14.3 Å². The fourth-order valence-corrected chi connectivity index (χ4v) is 1.72. The molecule has 0 aliphatic rings. The maximum Gasteiger partial charge on any atom is 0.251 e. The van der Waals surface area contributed by atoms with Gasteiger partial charge in [0.05, 0.1) is 18.2 Å². The topological polar surface area (TPSA) is 73.6 Å². The van der Waals surface area contributed by atoms with Crippen molar-refractivity contribution >= 4 is 23.1 Å². The predicted octanol–water partition coefficient (Wildman–Crippen LogP) is 2.14. The summed E-state index contributed by atoms with van der Waals surface area (Å²) in [5.41, 5.74) is 6.03. The quantitative estimate of drug-likeness (QED) is 0.720. The fraction of sp³-hybridized carbons (Fsp3) is 0.467. The van der Waals surface area contributed by atoms with E-state index in [1.807, 2.05) is 20.8 Å². The number of amides is 1. The zero-order chi connectivity index (χ0) is 15.8. The Hall–Kier alpha value is -1.82. The van der Waals surface area contributed by atoms with Gasteiger partial charge in [-0.15, -0.1) is 0 Å². The highest BCUT2D eigenvalue weighted by atomic mass is 32.1. The number of rotatable bonds is 8. The number of hydrogen-bond acceptors (Lipinski definition) is 4. The summed E-state index contributed by atoms with van der Waals surface area (Å²) in [6, 6.07) is 5.12. The molecule has 0 saturated carbocycles. The number of ether oxygens (including phenoxy) is 2. The first-order valence-electron chi connectivity index (χ1n) is 6.96. The van der Waals surface area contributed by atoms with Gasteiger partial charge in [0.15, 0.2) is 11.5 Å². The summed E-state index contributed by atoms with van der Waals surface area (Å²) in [5, 5.41) is 2.80. The van der Waals surface area contributed by atoms with Crippen LogP contribution in [0.15, 0.2) is 18.2 Å². The lowest BCUT2D eigenvalue weighted by atomic mass is 10.1. The molecule has 1 aromatic carbocycles. The number of nitrogens with two attached hydrogens (primary N) is 1. The van der Waals surface area contributed by atoms with Gasteiger partial charge >= 0.3 is 0 Å². The molecule has 0 bridgehead atoms. The Balaban J connectivity index is 2.80. The van der Waals surface area contributed by atoms with E-state index in [1.165, 1.54) is 0 Å². The minimum atomic E-state index is -0.192. The molecule has 0 heterocycles. The molecule has 116 valence electrons. The van der Waals surface area contributed by atoms with E-state index < -0.39 is 0 Å². The van der Waals surface area contributed by atoms with Crippen molar-refractivity contribution in [2.45, 2.75) is 20.8 Å². The number of thiocarbonyl (C=S) groups is 1. The molecule has 21 heavy (non-hydrogen) atoms. The van der Waals surface area contributed by atoms with Crippen LogP contribution < -0.4 is 20.5 Å². The molecule has 5 nitrogen and oxygen atoms in total. The van der Waals surface area contributed by atoms with Gasteiger partial charge in [0.1, 0.15) is 0 Å². The largest absolute Gasteiger partial charge is 0.490 e. The van der Waals surface area contributed by atoms with E-state index in [-0.39, 0.29) is 11.8 Å². The van der Waals surface area contributed by atoms with Gasteiger partial charge in [-0.25, -0.2) is 0 Å². The first-order valence-corrected chi connectivity index (χ1v) is 7.37. The Kier molecular flexibility index (Phi) is 6.94. The third-order valence-corrected chi connectivity index (χ3v) is 3.26. The van der Waals surface area contributed by atoms with Crippen LogP contribution in [0.25, 0.3) is 0 Å². The summed E-state index contributed by atoms with van der Waals surface area (Å²) < 4.78 is 11.0. The van der Waals surface area contributed by atoms with Crippen LogP contribution in [-0.2, 0) is 0 Å². The monoisotopic (exact) mass is 310 g/mol. The fourth-order valence-electron chi connectivity index (χ4n) is 1.64. The number of carbonyl (C=O) groups is 1. The smallest absolute Gasteiger partial charge is 0.251 e. The average Bonchev–Trinajstić information content (AvgIpc) is 2.46. The van der Waals surface area contributed by atoms with E-state index in [0.29, 0.717) is 41.8 Å². The summed E-state index contributed by atoms with van der Waals surface area (Å²) in [5.74, 6) is 0.960. The summed E-state index contributed by atoms with van der Waals surface area (Å²) in [4.78, 5) is 12.5. The van der Waals surface area contributed by atoms with Crippen molar-refractivity contribution in [1.29, 1.82) is 0 Å². The zero-order valence-electron chi connectivity index (χ0n) is 12.6. The molecule has 0 saturated heterocycles. The molecule has 6 heteroatoms. The Morgan fingerprint density at radius 2 is 1.90 bits per heavy atom. The third-order valence-electron chi connectivity index (χ3n) is 2.86. The molecule has 0 aliphatic heterocycles. The maximum atomic E-state index is 12.1. The Morgan fingerprint density at radius 3 is 2.48 bits per heavy atom. The van der Waals surface area contributed by atoms with Crippen LogP contribution in [0.1, 0.15) is 31.1 Å². The number of hydrogen-bond donors (Lipinski definition) is 2. The summed E-state index contributed by atoms with van der Waals surface area (Å²) in [7, 11) is 0. The number of benzene rings is 1. The minimum Gasteiger partial charge on any atom is -0.490 e. The van der Waals surface area contributed by atoms with Gasteiger partial charge in [0.25, 0.3) is 5.91 Å². The zero-order valence-corrected chi connectivity index (χ0v) is 13.5. The average molecular weight is 310 g/mol. The van der Waals surface area contributed by atoms with Crippen LogP contribution in [-0.4, -0.2) is 30.7 Å². The van der Waals surface area contributed by atoms with Gasteiger partial charge < -0.3 is 20.5 Å². The van der Waals surface area contributed by atoms with Gasteiger partial charge in [-0.2, -0.15) is 0 Å². The Bertz CT molecular complexity index is 506. The second kappa shape index (κ2) is 8.46. The van der Waals surface area contributed by atoms with Crippen LogP contribution in [0, 0.1) is 5.92 Å². The lowest BCUT2D eigenvalue weighted by Crippen LogP contribution is -2.33. The molecule has 0 radical (unpaired) electrons. The third kappa shape index (κ3) is 5.23. The van der Waals surface area contributed by atoms with Crippen molar-refractivity contribution in [1.82, 2.24) is 5.32 Å². The van der Waals surface area contributed by atoms with Gasteiger partial charge in [0.2, 0.25) is 0 Å². The Labute approximate surface area is 130 Å². The molecule has 1 amide bonds. The van der Waals surface area contributed by atoms with E-state index in [2.05, 4.69) is 5.32 Å². The first kappa shape index (κ1) is 17.2. The summed E-state index contributed by atoms with van der Waals surface area (Å²) in [6.45, 7) is 7.10. The van der Waals surface area contributed by atoms with E-state index in [0.717, 1.165) is 0 Å². The maximum absolute atomic E-state index is 12.1. The molecule has 0 spiro atoms. The molecule has 1 unspecified atom stereocenters. The van der Waals surface area contributed by atoms with Crippen LogP contribution in [0.3, 0.4) is 0 Å². The van der Waals surface area contributed by atoms with Gasteiger partial charge in [-0.1, -0.05) is 19.1 Å². The number of nitrogens with one attached hydrogen (secondary N) is 1. The second-order valence-electron chi connectivity index (χ2n) is 4.54. The lowest BCUT2D eigenvalue weighted by molar-refractivity contribution is 0.0951. The van der Waals surface area contributed by atoms with Crippen molar-refractivity contribution in [3.05, 3.63) is 23.8 Å². The van der Waals surface area contributed by atoms with Crippen LogP contribution in [0.5, 0.6) is 11.5 Å². The summed E-state index contributed by atoms with van der Waals surface area (Å²) in [6.07, 6.45) is 0. The van der Waals surface area contributed by atoms with Gasteiger partial charge in [-0.05, 0) is 32.0 Å². The van der Waals surface area contributed by atoms with Crippen molar-refractivity contribution in [3.63, 3.8) is 0 Å². The van der Waals surface area contributed by atoms with Gasteiger partial charge in [0, 0.05) is 18.0 Å². The molecule has 0 fully saturated rings.